The van der Waals surface area contributed by atoms with Crippen LogP contribution in [0.25, 0.3) is 0 Å². The van der Waals surface area contributed by atoms with Crippen LogP contribution < -0.4 is 5.32 Å². The summed E-state index contributed by atoms with van der Waals surface area (Å²) in [6.07, 6.45) is 73.6. The smallest absolute Gasteiger partial charge is 0.305 e. The Bertz CT molecular complexity index is 1090. The van der Waals surface area contributed by atoms with Crippen LogP contribution in [0.2, 0.25) is 0 Å². The molecule has 1 amide bonds. The number of ether oxygens (including phenoxy) is 1. The number of aliphatic hydroxyl groups is 2. The number of amides is 1. The predicted octanol–water partition coefficient (Wildman–Crippen LogP) is 19.8. The maximum atomic E-state index is 12.5. The second-order valence-corrected chi connectivity index (χ2v) is 21.7. The topological polar surface area (TPSA) is 95.9 Å². The monoisotopic (exact) mass is 986 g/mol. The third-order valence-electron chi connectivity index (χ3n) is 14.7. The molecule has 0 radical (unpaired) electrons. The molecule has 6 nitrogen and oxygen atoms in total. The summed E-state index contributed by atoms with van der Waals surface area (Å²) in [6, 6.07) is -0.633. The van der Waals surface area contributed by atoms with Crippen LogP contribution in [0.3, 0.4) is 0 Å². The van der Waals surface area contributed by atoms with E-state index in [4.69, 9.17) is 4.74 Å². The van der Waals surface area contributed by atoms with Crippen LogP contribution in [0, 0.1) is 0 Å². The Morgan fingerprint density at radius 2 is 0.671 bits per heavy atom. The van der Waals surface area contributed by atoms with E-state index < -0.39 is 12.1 Å². The molecule has 70 heavy (non-hydrogen) atoms. The normalized spacial score (nSPS) is 12.7. The largest absolute Gasteiger partial charge is 0.466 e. The van der Waals surface area contributed by atoms with Gasteiger partial charge in [0.1, 0.15) is 0 Å². The van der Waals surface area contributed by atoms with Gasteiger partial charge in [0.2, 0.25) is 5.91 Å². The molecule has 6 heteroatoms. The Balaban J connectivity index is 3.45. The lowest BCUT2D eigenvalue weighted by atomic mass is 10.0. The van der Waals surface area contributed by atoms with Crippen LogP contribution in [0.15, 0.2) is 24.3 Å². The highest BCUT2D eigenvalue weighted by Crippen LogP contribution is 2.18. The second kappa shape index (κ2) is 59.9. The first-order valence-electron chi connectivity index (χ1n) is 31.6. The minimum absolute atomic E-state index is 0.00500. The highest BCUT2D eigenvalue weighted by atomic mass is 16.5. The van der Waals surface area contributed by atoms with E-state index in [0.717, 1.165) is 44.9 Å². The highest BCUT2D eigenvalue weighted by Gasteiger charge is 2.18. The zero-order chi connectivity index (χ0) is 50.7. The van der Waals surface area contributed by atoms with Crippen molar-refractivity contribution >= 4 is 11.9 Å². The van der Waals surface area contributed by atoms with E-state index >= 15 is 0 Å². The number of hydrogen-bond acceptors (Lipinski definition) is 5. The quantitative estimate of drug-likeness (QED) is 0.0321. The molecule has 2 unspecified atom stereocenters. The van der Waals surface area contributed by atoms with Crippen molar-refractivity contribution in [2.75, 3.05) is 13.2 Å². The number of unbranched alkanes of at least 4 members (excludes halogenated alkanes) is 46. The van der Waals surface area contributed by atoms with Gasteiger partial charge >= 0.3 is 5.97 Å². The summed E-state index contributed by atoms with van der Waals surface area (Å²) in [4.78, 5) is 24.5. The van der Waals surface area contributed by atoms with Crippen LogP contribution in [0.5, 0.6) is 0 Å². The molecule has 0 aromatic heterocycles. The van der Waals surface area contributed by atoms with Gasteiger partial charge in [-0.2, -0.15) is 0 Å². The molecule has 3 N–H and O–H groups in total. The van der Waals surface area contributed by atoms with Gasteiger partial charge in [-0.15, -0.1) is 0 Å². The van der Waals surface area contributed by atoms with Crippen molar-refractivity contribution in [2.24, 2.45) is 0 Å². The molecule has 414 valence electrons. The average Bonchev–Trinajstić information content (AvgIpc) is 3.36. The number of rotatable bonds is 59. The van der Waals surface area contributed by atoms with E-state index in [0.29, 0.717) is 19.4 Å². The first-order chi connectivity index (χ1) is 34.5. The Labute approximate surface area is 437 Å². The van der Waals surface area contributed by atoms with E-state index in [1.54, 1.807) is 6.08 Å². The summed E-state index contributed by atoms with van der Waals surface area (Å²) < 4.78 is 5.46. The Hall–Kier alpha value is -1.66. The molecule has 0 saturated carbocycles. The molecule has 0 spiro atoms. The van der Waals surface area contributed by atoms with Crippen molar-refractivity contribution in [2.45, 2.75) is 360 Å². The summed E-state index contributed by atoms with van der Waals surface area (Å²) in [5.41, 5.74) is 0. The molecule has 0 rings (SSSR count). The van der Waals surface area contributed by atoms with Gasteiger partial charge < -0.3 is 20.3 Å². The van der Waals surface area contributed by atoms with Crippen LogP contribution in [0.4, 0.5) is 0 Å². The van der Waals surface area contributed by atoms with E-state index in [1.165, 1.54) is 276 Å². The number of allylic oxidation sites excluding steroid dienone is 3. The number of hydrogen-bond donors (Lipinski definition) is 3. The number of esters is 1. The molecular weight excluding hydrogens is 863 g/mol. The molecule has 0 heterocycles. The van der Waals surface area contributed by atoms with Gasteiger partial charge in [0.25, 0.3) is 0 Å². The van der Waals surface area contributed by atoms with Crippen LogP contribution in [-0.2, 0) is 14.3 Å². The third kappa shape index (κ3) is 55.7. The van der Waals surface area contributed by atoms with Crippen molar-refractivity contribution in [3.05, 3.63) is 24.3 Å². The van der Waals surface area contributed by atoms with E-state index in [1.807, 2.05) is 6.08 Å². The summed E-state index contributed by atoms with van der Waals surface area (Å²) in [5, 5.41) is 23.2. The Kier molecular flexibility index (Phi) is 58.5. The molecular formula is C64H123NO5. The van der Waals surface area contributed by atoms with E-state index in [-0.39, 0.29) is 18.5 Å². The number of carbonyl (C=O) groups is 2. The lowest BCUT2D eigenvalue weighted by molar-refractivity contribution is -0.143. The molecule has 2 atom stereocenters. The van der Waals surface area contributed by atoms with Crippen molar-refractivity contribution < 1.29 is 24.5 Å². The van der Waals surface area contributed by atoms with Crippen molar-refractivity contribution in [3.63, 3.8) is 0 Å². The minimum Gasteiger partial charge on any atom is -0.466 e. The average molecular weight is 987 g/mol. The SMILES string of the molecule is CCCCC/C=C\CCCCCCCC(=O)OCCCCCCCCCCCCCCCCCCCC(=O)NC(CO)C(O)/C=C/CCCCCCCCCCCCCCCCCCCCCCCC. The minimum atomic E-state index is -0.849. The molecule has 0 aliphatic carbocycles. The maximum Gasteiger partial charge on any atom is 0.305 e. The highest BCUT2D eigenvalue weighted by molar-refractivity contribution is 5.76. The van der Waals surface area contributed by atoms with Gasteiger partial charge in [-0.05, 0) is 57.8 Å². The molecule has 0 aromatic carbocycles. The summed E-state index contributed by atoms with van der Waals surface area (Å²) >= 11 is 0. The Morgan fingerprint density at radius 3 is 1.04 bits per heavy atom. The lowest BCUT2D eigenvalue weighted by Crippen LogP contribution is -2.45. The zero-order valence-corrected chi connectivity index (χ0v) is 47.3. The first-order valence-corrected chi connectivity index (χ1v) is 31.6. The predicted molar refractivity (Wildman–Crippen MR) is 306 cm³/mol. The lowest BCUT2D eigenvalue weighted by Gasteiger charge is -2.20. The fourth-order valence-electron chi connectivity index (χ4n) is 9.87. The number of aliphatic hydroxyl groups excluding tert-OH is 2. The second-order valence-electron chi connectivity index (χ2n) is 21.7. The van der Waals surface area contributed by atoms with Gasteiger partial charge in [-0.3, -0.25) is 9.59 Å². The van der Waals surface area contributed by atoms with E-state index in [9.17, 15) is 19.8 Å². The van der Waals surface area contributed by atoms with Crippen LogP contribution >= 0.6 is 0 Å². The third-order valence-corrected chi connectivity index (χ3v) is 14.7. The molecule has 0 aromatic rings. The summed E-state index contributed by atoms with van der Waals surface area (Å²) in [5.74, 6) is -0.0749. The number of carbonyl (C=O) groups excluding carboxylic acids is 2. The Morgan fingerprint density at radius 1 is 0.386 bits per heavy atom. The molecule has 0 saturated heterocycles. The zero-order valence-electron chi connectivity index (χ0n) is 47.3. The van der Waals surface area contributed by atoms with Gasteiger partial charge in [0.15, 0.2) is 0 Å². The van der Waals surface area contributed by atoms with Crippen LogP contribution in [0.1, 0.15) is 348 Å². The van der Waals surface area contributed by atoms with Crippen molar-refractivity contribution in [3.8, 4) is 0 Å². The fraction of sp³-hybridized carbons (Fsp3) is 0.906. The summed E-state index contributed by atoms with van der Waals surface area (Å²) in [7, 11) is 0. The van der Waals surface area contributed by atoms with Gasteiger partial charge in [-0.25, -0.2) is 0 Å². The van der Waals surface area contributed by atoms with Gasteiger partial charge in [0, 0.05) is 12.8 Å². The molecule has 0 aliphatic rings. The van der Waals surface area contributed by atoms with Crippen LogP contribution in [-0.4, -0.2) is 47.4 Å². The van der Waals surface area contributed by atoms with E-state index in [2.05, 4.69) is 31.3 Å². The number of nitrogens with one attached hydrogen (secondary N) is 1. The van der Waals surface area contributed by atoms with Gasteiger partial charge in [0.05, 0.1) is 25.4 Å². The standard InChI is InChI=1S/C64H123NO5/c1-3-5-7-9-11-13-15-17-18-19-20-21-22-23-24-25-27-30-33-36-40-44-48-52-56-62(67)61(60-66)65-63(68)57-53-49-45-41-37-34-31-28-26-29-32-35-39-43-47-51-55-59-70-64(69)58-54-50-46-42-38-16-14-12-10-8-6-4-2/h12,14,52,56,61-62,66-67H,3-11,13,15-51,53-55,57-60H2,1-2H3,(H,65,68)/b14-12-,56-52+. The van der Waals surface area contributed by atoms with Crippen molar-refractivity contribution in [1.29, 1.82) is 0 Å². The first kappa shape index (κ1) is 68.3. The molecule has 0 bridgehead atoms. The summed E-state index contributed by atoms with van der Waals surface area (Å²) in [6.45, 7) is 4.89. The van der Waals surface area contributed by atoms with Gasteiger partial charge in [-0.1, -0.05) is 301 Å². The maximum absolute atomic E-state index is 12.5. The van der Waals surface area contributed by atoms with Crippen molar-refractivity contribution in [1.82, 2.24) is 5.32 Å². The molecule has 0 fully saturated rings. The fourth-order valence-corrected chi connectivity index (χ4v) is 9.87. The molecule has 0 aliphatic heterocycles.